The fourth-order valence-corrected chi connectivity index (χ4v) is 2.46. The van der Waals surface area contributed by atoms with Gasteiger partial charge < -0.3 is 14.8 Å². The third-order valence-corrected chi connectivity index (χ3v) is 3.47. The normalized spacial score (nSPS) is 20.7. The zero-order chi connectivity index (χ0) is 13.1. The van der Waals surface area contributed by atoms with Crippen molar-refractivity contribution in [3.05, 3.63) is 0 Å². The molecule has 1 atom stereocenters. The van der Waals surface area contributed by atoms with Gasteiger partial charge in [-0.15, -0.1) is 0 Å². The van der Waals surface area contributed by atoms with E-state index < -0.39 is 0 Å². The van der Waals surface area contributed by atoms with Crippen LogP contribution in [0.1, 0.15) is 32.6 Å². The van der Waals surface area contributed by atoms with Crippen molar-refractivity contribution < 1.29 is 9.47 Å². The summed E-state index contributed by atoms with van der Waals surface area (Å²) in [6, 6.07) is 0.721. The summed E-state index contributed by atoms with van der Waals surface area (Å²) in [7, 11) is 1.73. The van der Waals surface area contributed by atoms with Gasteiger partial charge in [-0.3, -0.25) is 4.90 Å². The van der Waals surface area contributed by atoms with Crippen molar-refractivity contribution >= 4 is 0 Å². The fourth-order valence-electron chi connectivity index (χ4n) is 2.46. The minimum absolute atomic E-state index is 0.721. The van der Waals surface area contributed by atoms with Crippen LogP contribution in [0.15, 0.2) is 0 Å². The molecule has 1 saturated heterocycles. The first-order valence-corrected chi connectivity index (χ1v) is 7.40. The first-order valence-electron chi connectivity index (χ1n) is 7.40. The van der Waals surface area contributed by atoms with E-state index >= 15 is 0 Å². The van der Waals surface area contributed by atoms with E-state index in [0.717, 1.165) is 51.9 Å². The number of hydrogen-bond donors (Lipinski definition) is 1. The van der Waals surface area contributed by atoms with Crippen molar-refractivity contribution in [2.45, 2.75) is 38.6 Å². The van der Waals surface area contributed by atoms with E-state index in [-0.39, 0.29) is 0 Å². The molecule has 1 unspecified atom stereocenters. The summed E-state index contributed by atoms with van der Waals surface area (Å²) in [5.41, 5.74) is 0. The van der Waals surface area contributed by atoms with Crippen molar-refractivity contribution in [2.75, 3.05) is 53.1 Å². The molecular formula is C14H30N2O2. The highest BCUT2D eigenvalue weighted by Gasteiger charge is 2.23. The molecule has 108 valence electrons. The van der Waals surface area contributed by atoms with Crippen LogP contribution in [0.3, 0.4) is 0 Å². The van der Waals surface area contributed by atoms with Crippen LogP contribution in [-0.4, -0.2) is 64.1 Å². The van der Waals surface area contributed by atoms with Gasteiger partial charge in [-0.1, -0.05) is 6.92 Å². The van der Waals surface area contributed by atoms with E-state index in [2.05, 4.69) is 17.1 Å². The molecule has 1 heterocycles. The Hall–Kier alpha value is -0.160. The summed E-state index contributed by atoms with van der Waals surface area (Å²) in [5.74, 6) is 0. The van der Waals surface area contributed by atoms with Crippen LogP contribution in [0.5, 0.6) is 0 Å². The zero-order valence-electron chi connectivity index (χ0n) is 12.1. The zero-order valence-corrected chi connectivity index (χ0v) is 12.1. The Bertz CT molecular complexity index is 191. The van der Waals surface area contributed by atoms with E-state index in [1.807, 2.05) is 0 Å². The molecule has 4 nitrogen and oxygen atoms in total. The first-order chi connectivity index (χ1) is 8.88. The van der Waals surface area contributed by atoms with Crippen molar-refractivity contribution in [3.8, 4) is 0 Å². The molecule has 0 saturated carbocycles. The van der Waals surface area contributed by atoms with Crippen LogP contribution in [0.2, 0.25) is 0 Å². The van der Waals surface area contributed by atoms with Gasteiger partial charge in [0, 0.05) is 39.5 Å². The van der Waals surface area contributed by atoms with Crippen molar-refractivity contribution in [1.29, 1.82) is 0 Å². The van der Waals surface area contributed by atoms with Crippen LogP contribution in [0.4, 0.5) is 0 Å². The van der Waals surface area contributed by atoms with E-state index in [1.165, 1.54) is 25.8 Å². The Balaban J connectivity index is 2.01. The summed E-state index contributed by atoms with van der Waals surface area (Å²) in [5, 5.41) is 3.53. The first kappa shape index (κ1) is 15.9. The summed E-state index contributed by atoms with van der Waals surface area (Å²) < 4.78 is 10.6. The topological polar surface area (TPSA) is 33.7 Å². The molecule has 1 N–H and O–H groups in total. The molecule has 0 radical (unpaired) electrons. The summed E-state index contributed by atoms with van der Waals surface area (Å²) in [4.78, 5) is 2.57. The Morgan fingerprint density at radius 1 is 1.28 bits per heavy atom. The molecule has 1 aliphatic heterocycles. The molecule has 0 aromatic carbocycles. The van der Waals surface area contributed by atoms with Gasteiger partial charge >= 0.3 is 0 Å². The summed E-state index contributed by atoms with van der Waals surface area (Å²) >= 11 is 0. The lowest BCUT2D eigenvalue weighted by Crippen LogP contribution is -2.39. The highest BCUT2D eigenvalue weighted by Crippen LogP contribution is 2.15. The Morgan fingerprint density at radius 3 is 2.94 bits per heavy atom. The third kappa shape index (κ3) is 6.69. The molecule has 0 aromatic rings. The number of hydrogen-bond acceptors (Lipinski definition) is 4. The van der Waals surface area contributed by atoms with Crippen molar-refractivity contribution in [3.63, 3.8) is 0 Å². The monoisotopic (exact) mass is 258 g/mol. The van der Waals surface area contributed by atoms with Crippen LogP contribution in [0.25, 0.3) is 0 Å². The molecule has 0 spiro atoms. The second-order valence-corrected chi connectivity index (χ2v) is 4.99. The van der Waals surface area contributed by atoms with Crippen LogP contribution >= 0.6 is 0 Å². The minimum Gasteiger partial charge on any atom is -0.385 e. The van der Waals surface area contributed by atoms with Crippen LogP contribution < -0.4 is 5.32 Å². The van der Waals surface area contributed by atoms with E-state index in [1.54, 1.807) is 7.11 Å². The molecule has 0 amide bonds. The standard InChI is InChI=1S/C14H30N2O2/c1-3-7-15-13-14-6-4-8-16(14)9-12-18-11-5-10-17-2/h14-15H,3-13H2,1-2H3. The van der Waals surface area contributed by atoms with Gasteiger partial charge in [0.15, 0.2) is 0 Å². The average Bonchev–Trinajstić information content (AvgIpc) is 2.82. The smallest absolute Gasteiger partial charge is 0.0593 e. The number of ether oxygens (including phenoxy) is 2. The summed E-state index contributed by atoms with van der Waals surface area (Å²) in [6.45, 7) is 9.27. The predicted molar refractivity (Wildman–Crippen MR) is 75.1 cm³/mol. The number of nitrogens with zero attached hydrogens (tertiary/aromatic N) is 1. The fraction of sp³-hybridized carbons (Fsp3) is 1.00. The van der Waals surface area contributed by atoms with Crippen molar-refractivity contribution in [1.82, 2.24) is 10.2 Å². The van der Waals surface area contributed by atoms with E-state index in [0.29, 0.717) is 0 Å². The number of methoxy groups -OCH3 is 1. The second-order valence-electron chi connectivity index (χ2n) is 4.99. The number of nitrogens with one attached hydrogen (secondary N) is 1. The molecule has 1 rings (SSSR count). The molecule has 4 heteroatoms. The largest absolute Gasteiger partial charge is 0.385 e. The lowest BCUT2D eigenvalue weighted by molar-refractivity contribution is 0.0808. The SMILES string of the molecule is CCCNCC1CCCN1CCOCCCOC. The number of likely N-dealkylation sites (tertiary alicyclic amines) is 1. The Morgan fingerprint density at radius 2 is 2.17 bits per heavy atom. The van der Waals surface area contributed by atoms with E-state index in [4.69, 9.17) is 9.47 Å². The Labute approximate surface area is 112 Å². The maximum absolute atomic E-state index is 5.63. The lowest BCUT2D eigenvalue weighted by Gasteiger charge is -2.24. The maximum Gasteiger partial charge on any atom is 0.0593 e. The second kappa shape index (κ2) is 10.7. The van der Waals surface area contributed by atoms with Gasteiger partial charge in [0.2, 0.25) is 0 Å². The summed E-state index contributed by atoms with van der Waals surface area (Å²) in [6.07, 6.45) is 4.88. The van der Waals surface area contributed by atoms with Gasteiger partial charge in [0.05, 0.1) is 6.61 Å². The molecule has 1 fully saturated rings. The van der Waals surface area contributed by atoms with Gasteiger partial charge in [-0.2, -0.15) is 0 Å². The number of rotatable bonds is 11. The molecular weight excluding hydrogens is 228 g/mol. The molecule has 1 aliphatic rings. The minimum atomic E-state index is 0.721. The molecule has 0 aromatic heterocycles. The van der Waals surface area contributed by atoms with Gasteiger partial charge in [0.1, 0.15) is 0 Å². The van der Waals surface area contributed by atoms with Crippen molar-refractivity contribution in [2.24, 2.45) is 0 Å². The van der Waals surface area contributed by atoms with Gasteiger partial charge in [-0.05, 0) is 38.8 Å². The highest BCUT2D eigenvalue weighted by molar-refractivity contribution is 4.80. The quantitative estimate of drug-likeness (QED) is 0.570. The predicted octanol–water partition coefficient (Wildman–Crippen LogP) is 1.50. The van der Waals surface area contributed by atoms with E-state index in [9.17, 15) is 0 Å². The molecule has 0 bridgehead atoms. The third-order valence-electron chi connectivity index (χ3n) is 3.47. The van der Waals surface area contributed by atoms with Gasteiger partial charge in [-0.25, -0.2) is 0 Å². The maximum atomic E-state index is 5.63. The average molecular weight is 258 g/mol. The van der Waals surface area contributed by atoms with Crippen LogP contribution in [0, 0.1) is 0 Å². The highest BCUT2D eigenvalue weighted by atomic mass is 16.5. The molecule has 0 aliphatic carbocycles. The molecule has 18 heavy (non-hydrogen) atoms. The Kier molecular flexibility index (Phi) is 9.48. The van der Waals surface area contributed by atoms with Gasteiger partial charge in [0.25, 0.3) is 0 Å². The lowest BCUT2D eigenvalue weighted by atomic mass is 10.2. The van der Waals surface area contributed by atoms with Crippen LogP contribution in [-0.2, 0) is 9.47 Å².